The number of rotatable bonds is 1. The summed E-state index contributed by atoms with van der Waals surface area (Å²) < 4.78 is 0. The van der Waals surface area contributed by atoms with E-state index in [2.05, 4.69) is 24.3 Å². The third kappa shape index (κ3) is 1.94. The molecule has 2 N–H and O–H groups in total. The van der Waals surface area contributed by atoms with Gasteiger partial charge in [-0.1, -0.05) is 48.6 Å². The molecule has 0 radical (unpaired) electrons. The van der Waals surface area contributed by atoms with Crippen LogP contribution < -0.4 is 5.73 Å². The fraction of sp³-hybridized carbons (Fsp3) is 0.0769. The standard InChI is InChI=1S/C13H13N/c14-13-8-4-7-12(9-10-13)11-5-2-1-3-6-11/h1-3,5-10H,4,14H2. The van der Waals surface area contributed by atoms with Crippen molar-refractivity contribution >= 4 is 5.57 Å². The average Bonchev–Trinajstić information content (AvgIpc) is 2.44. The van der Waals surface area contributed by atoms with Gasteiger partial charge in [-0.05, 0) is 23.6 Å². The molecule has 14 heavy (non-hydrogen) atoms. The Balaban J connectivity index is 2.30. The van der Waals surface area contributed by atoms with E-state index in [-0.39, 0.29) is 0 Å². The molecule has 70 valence electrons. The van der Waals surface area contributed by atoms with E-state index in [1.165, 1.54) is 11.1 Å². The van der Waals surface area contributed by atoms with E-state index in [1.807, 2.05) is 30.4 Å². The van der Waals surface area contributed by atoms with E-state index >= 15 is 0 Å². The molecule has 0 unspecified atom stereocenters. The fourth-order valence-corrected chi connectivity index (χ4v) is 1.49. The lowest BCUT2D eigenvalue weighted by Crippen LogP contribution is -1.90. The summed E-state index contributed by atoms with van der Waals surface area (Å²) in [5.41, 5.74) is 9.04. The van der Waals surface area contributed by atoms with Gasteiger partial charge in [0.1, 0.15) is 0 Å². The molecule has 0 amide bonds. The summed E-state index contributed by atoms with van der Waals surface area (Å²) in [4.78, 5) is 0. The van der Waals surface area contributed by atoms with Gasteiger partial charge in [0.15, 0.2) is 0 Å². The number of nitrogens with two attached hydrogens (primary N) is 1. The minimum Gasteiger partial charge on any atom is -0.399 e. The Morgan fingerprint density at radius 3 is 2.50 bits per heavy atom. The number of allylic oxidation sites excluding steroid dienone is 5. The zero-order valence-electron chi connectivity index (χ0n) is 7.98. The first-order chi connectivity index (χ1) is 6.86. The Hall–Kier alpha value is -1.76. The lowest BCUT2D eigenvalue weighted by molar-refractivity contribution is 1.32. The zero-order valence-corrected chi connectivity index (χ0v) is 7.98. The second-order valence-electron chi connectivity index (χ2n) is 3.30. The molecule has 0 aliphatic heterocycles. The van der Waals surface area contributed by atoms with E-state index < -0.39 is 0 Å². The van der Waals surface area contributed by atoms with Crippen LogP contribution in [-0.4, -0.2) is 0 Å². The Bertz CT molecular complexity index is 397. The van der Waals surface area contributed by atoms with Crippen LogP contribution in [0.15, 0.2) is 60.3 Å². The predicted molar refractivity (Wildman–Crippen MR) is 60.4 cm³/mol. The highest BCUT2D eigenvalue weighted by Crippen LogP contribution is 2.18. The molecule has 0 saturated carbocycles. The van der Waals surface area contributed by atoms with Crippen molar-refractivity contribution in [3.63, 3.8) is 0 Å². The summed E-state index contributed by atoms with van der Waals surface area (Å²) in [5.74, 6) is 0. The number of benzene rings is 1. The van der Waals surface area contributed by atoms with E-state index in [4.69, 9.17) is 5.73 Å². The van der Waals surface area contributed by atoms with Crippen LogP contribution in [0.25, 0.3) is 5.57 Å². The molecule has 1 nitrogen and oxygen atoms in total. The molecule has 1 aromatic carbocycles. The van der Waals surface area contributed by atoms with Crippen LogP contribution in [0.1, 0.15) is 12.0 Å². The van der Waals surface area contributed by atoms with Gasteiger partial charge in [0.05, 0.1) is 0 Å². The maximum Gasteiger partial charge on any atom is 0.0276 e. The Morgan fingerprint density at radius 1 is 0.929 bits per heavy atom. The van der Waals surface area contributed by atoms with Gasteiger partial charge in [-0.15, -0.1) is 0 Å². The Labute approximate surface area is 84.3 Å². The second-order valence-corrected chi connectivity index (χ2v) is 3.30. The Morgan fingerprint density at radius 2 is 1.71 bits per heavy atom. The zero-order chi connectivity index (χ0) is 9.80. The van der Waals surface area contributed by atoms with Gasteiger partial charge in [-0.25, -0.2) is 0 Å². The Kier molecular flexibility index (Phi) is 2.50. The summed E-state index contributed by atoms with van der Waals surface area (Å²) in [6.07, 6.45) is 9.13. The van der Waals surface area contributed by atoms with Crippen molar-refractivity contribution in [3.05, 3.63) is 65.9 Å². The van der Waals surface area contributed by atoms with Gasteiger partial charge in [-0.3, -0.25) is 0 Å². The predicted octanol–water partition coefficient (Wildman–Crippen LogP) is 2.87. The van der Waals surface area contributed by atoms with Crippen molar-refractivity contribution in [2.75, 3.05) is 0 Å². The van der Waals surface area contributed by atoms with E-state index in [0.717, 1.165) is 12.1 Å². The maximum absolute atomic E-state index is 5.72. The van der Waals surface area contributed by atoms with Crippen LogP contribution in [-0.2, 0) is 0 Å². The highest BCUT2D eigenvalue weighted by Gasteiger charge is 1.98. The maximum atomic E-state index is 5.72. The van der Waals surface area contributed by atoms with Gasteiger partial charge >= 0.3 is 0 Å². The summed E-state index contributed by atoms with van der Waals surface area (Å²) >= 11 is 0. The summed E-state index contributed by atoms with van der Waals surface area (Å²) in [7, 11) is 0. The van der Waals surface area contributed by atoms with Gasteiger partial charge in [0, 0.05) is 5.70 Å². The lowest BCUT2D eigenvalue weighted by Gasteiger charge is -2.00. The van der Waals surface area contributed by atoms with Crippen molar-refractivity contribution in [2.45, 2.75) is 6.42 Å². The fourth-order valence-electron chi connectivity index (χ4n) is 1.49. The summed E-state index contributed by atoms with van der Waals surface area (Å²) in [5, 5.41) is 0. The molecule has 0 aromatic heterocycles. The second kappa shape index (κ2) is 3.97. The van der Waals surface area contributed by atoms with Gasteiger partial charge in [-0.2, -0.15) is 0 Å². The molecule has 0 atom stereocenters. The average molecular weight is 183 g/mol. The third-order valence-corrected chi connectivity index (χ3v) is 2.25. The normalized spacial score (nSPS) is 15.7. The topological polar surface area (TPSA) is 26.0 Å². The molecule has 1 aliphatic rings. The van der Waals surface area contributed by atoms with Crippen LogP contribution in [0.5, 0.6) is 0 Å². The summed E-state index contributed by atoms with van der Waals surface area (Å²) in [6, 6.07) is 10.3. The highest BCUT2D eigenvalue weighted by atomic mass is 14.5. The largest absolute Gasteiger partial charge is 0.399 e. The van der Waals surface area contributed by atoms with Crippen molar-refractivity contribution in [3.8, 4) is 0 Å². The molecule has 0 bridgehead atoms. The molecule has 0 heterocycles. The van der Waals surface area contributed by atoms with Crippen LogP contribution in [0.4, 0.5) is 0 Å². The molecule has 1 aromatic rings. The smallest absolute Gasteiger partial charge is 0.0276 e. The van der Waals surface area contributed by atoms with E-state index in [0.29, 0.717) is 0 Å². The monoisotopic (exact) mass is 183 g/mol. The van der Waals surface area contributed by atoms with E-state index in [1.54, 1.807) is 0 Å². The molecule has 2 rings (SSSR count). The first-order valence-electron chi connectivity index (χ1n) is 4.75. The van der Waals surface area contributed by atoms with Crippen molar-refractivity contribution < 1.29 is 0 Å². The minimum atomic E-state index is 0.840. The van der Waals surface area contributed by atoms with Crippen molar-refractivity contribution in [2.24, 2.45) is 5.73 Å². The first kappa shape index (κ1) is 8.82. The molecular weight excluding hydrogens is 170 g/mol. The number of hydrogen-bond donors (Lipinski definition) is 1. The van der Waals surface area contributed by atoms with Crippen LogP contribution in [0.3, 0.4) is 0 Å². The van der Waals surface area contributed by atoms with Crippen molar-refractivity contribution in [1.29, 1.82) is 0 Å². The van der Waals surface area contributed by atoms with Gasteiger partial charge in [0.2, 0.25) is 0 Å². The van der Waals surface area contributed by atoms with Crippen LogP contribution >= 0.6 is 0 Å². The quantitative estimate of drug-likeness (QED) is 0.711. The first-order valence-corrected chi connectivity index (χ1v) is 4.75. The lowest BCUT2D eigenvalue weighted by atomic mass is 10.1. The molecule has 0 spiro atoms. The van der Waals surface area contributed by atoms with Crippen LogP contribution in [0, 0.1) is 0 Å². The molecular formula is C13H13N. The number of hydrogen-bond acceptors (Lipinski definition) is 1. The highest BCUT2D eigenvalue weighted by molar-refractivity contribution is 5.75. The van der Waals surface area contributed by atoms with E-state index in [9.17, 15) is 0 Å². The van der Waals surface area contributed by atoms with Crippen molar-refractivity contribution in [1.82, 2.24) is 0 Å². The third-order valence-electron chi connectivity index (χ3n) is 2.25. The minimum absolute atomic E-state index is 0.840. The van der Waals surface area contributed by atoms with Gasteiger partial charge in [0.25, 0.3) is 0 Å². The SMILES string of the molecule is NC1=CCC=C(c2ccccc2)C=C1. The molecule has 1 aliphatic carbocycles. The molecule has 0 saturated heterocycles. The molecule has 1 heteroatoms. The van der Waals surface area contributed by atoms with Gasteiger partial charge < -0.3 is 5.73 Å². The summed E-state index contributed by atoms with van der Waals surface area (Å²) in [6.45, 7) is 0. The van der Waals surface area contributed by atoms with Crippen LogP contribution in [0.2, 0.25) is 0 Å². The molecule has 0 fully saturated rings.